The van der Waals surface area contributed by atoms with Crippen LogP contribution in [0.4, 0.5) is 0 Å². The summed E-state index contributed by atoms with van der Waals surface area (Å²) < 4.78 is 0. The quantitative estimate of drug-likeness (QED) is 0.765. The Balaban J connectivity index is 2.59. The topological polar surface area (TPSA) is 29.1 Å². The van der Waals surface area contributed by atoms with Gasteiger partial charge in [-0.1, -0.05) is 30.3 Å². The third kappa shape index (κ3) is 3.04. The maximum atomic E-state index is 11.3. The zero-order chi connectivity index (χ0) is 10.6. The zero-order valence-electron chi connectivity index (χ0n) is 8.33. The van der Waals surface area contributed by atoms with Crippen LogP contribution in [0.3, 0.4) is 0 Å². The highest BCUT2D eigenvalue weighted by Crippen LogP contribution is 2.11. The summed E-state index contributed by atoms with van der Waals surface area (Å²) in [6, 6.07) is 9.80. The van der Waals surface area contributed by atoms with Gasteiger partial charge in [0.1, 0.15) is 5.38 Å². The minimum Gasteiger partial charge on any atom is -0.348 e. The lowest BCUT2D eigenvalue weighted by Crippen LogP contribution is -2.31. The van der Waals surface area contributed by atoms with Crippen molar-refractivity contribution in [1.29, 1.82) is 0 Å². The highest BCUT2D eigenvalue weighted by Gasteiger charge is 2.12. The minimum atomic E-state index is -0.485. The SMILES string of the molecule is CC(Cl)C(=O)N[C@H](C)c1ccccc1. The van der Waals surface area contributed by atoms with Crippen LogP contribution in [0.15, 0.2) is 30.3 Å². The molecule has 0 saturated heterocycles. The molecule has 0 radical (unpaired) electrons. The van der Waals surface area contributed by atoms with Crippen LogP contribution in [-0.4, -0.2) is 11.3 Å². The number of rotatable bonds is 3. The van der Waals surface area contributed by atoms with Gasteiger partial charge in [0, 0.05) is 0 Å². The van der Waals surface area contributed by atoms with Gasteiger partial charge in [-0.05, 0) is 19.4 Å². The molecule has 1 aromatic carbocycles. The summed E-state index contributed by atoms with van der Waals surface area (Å²) in [5.74, 6) is -0.136. The van der Waals surface area contributed by atoms with E-state index >= 15 is 0 Å². The summed E-state index contributed by atoms with van der Waals surface area (Å²) in [4.78, 5) is 11.3. The average molecular weight is 212 g/mol. The Morgan fingerprint density at radius 1 is 1.29 bits per heavy atom. The van der Waals surface area contributed by atoms with Gasteiger partial charge in [-0.2, -0.15) is 0 Å². The summed E-state index contributed by atoms with van der Waals surface area (Å²) >= 11 is 5.65. The molecule has 0 saturated carbocycles. The van der Waals surface area contributed by atoms with Crippen molar-refractivity contribution in [2.24, 2.45) is 0 Å². The van der Waals surface area contributed by atoms with Crippen LogP contribution in [0.25, 0.3) is 0 Å². The second-order valence-electron chi connectivity index (χ2n) is 3.26. The van der Waals surface area contributed by atoms with E-state index < -0.39 is 5.38 Å². The highest BCUT2D eigenvalue weighted by atomic mass is 35.5. The molecule has 0 aromatic heterocycles. The number of amides is 1. The molecule has 0 fully saturated rings. The van der Waals surface area contributed by atoms with Gasteiger partial charge < -0.3 is 5.32 Å². The van der Waals surface area contributed by atoms with Crippen molar-refractivity contribution in [2.45, 2.75) is 25.3 Å². The maximum Gasteiger partial charge on any atom is 0.238 e. The Morgan fingerprint density at radius 3 is 2.36 bits per heavy atom. The molecule has 0 heterocycles. The lowest BCUT2D eigenvalue weighted by Gasteiger charge is -2.14. The predicted molar refractivity (Wildman–Crippen MR) is 58.3 cm³/mol. The molecule has 0 aliphatic heterocycles. The number of halogens is 1. The van der Waals surface area contributed by atoms with Crippen LogP contribution >= 0.6 is 11.6 Å². The maximum absolute atomic E-state index is 11.3. The number of hydrogen-bond acceptors (Lipinski definition) is 1. The van der Waals surface area contributed by atoms with Crippen molar-refractivity contribution in [3.63, 3.8) is 0 Å². The third-order valence-electron chi connectivity index (χ3n) is 2.02. The molecule has 0 spiro atoms. The summed E-state index contributed by atoms with van der Waals surface area (Å²) in [5.41, 5.74) is 1.08. The Morgan fingerprint density at radius 2 is 1.86 bits per heavy atom. The lowest BCUT2D eigenvalue weighted by molar-refractivity contribution is -0.121. The standard InChI is InChI=1S/C11H14ClNO/c1-8(12)11(14)13-9(2)10-6-4-3-5-7-10/h3-9H,1-2H3,(H,13,14)/t8?,9-/m1/s1. The fourth-order valence-corrected chi connectivity index (χ4v) is 1.22. The smallest absolute Gasteiger partial charge is 0.238 e. The summed E-state index contributed by atoms with van der Waals surface area (Å²) in [6.45, 7) is 3.60. The van der Waals surface area contributed by atoms with Crippen molar-refractivity contribution >= 4 is 17.5 Å². The molecule has 0 bridgehead atoms. The van der Waals surface area contributed by atoms with Crippen LogP contribution in [0.1, 0.15) is 25.5 Å². The number of alkyl halides is 1. The molecule has 1 amide bonds. The molecule has 2 nitrogen and oxygen atoms in total. The molecule has 14 heavy (non-hydrogen) atoms. The Hall–Kier alpha value is -1.02. The van der Waals surface area contributed by atoms with Crippen LogP contribution < -0.4 is 5.32 Å². The third-order valence-corrected chi connectivity index (χ3v) is 2.22. The Bertz CT molecular complexity index is 297. The van der Waals surface area contributed by atoms with E-state index in [0.717, 1.165) is 5.56 Å². The second-order valence-corrected chi connectivity index (χ2v) is 3.91. The zero-order valence-corrected chi connectivity index (χ0v) is 9.08. The van der Waals surface area contributed by atoms with E-state index in [4.69, 9.17) is 11.6 Å². The molecule has 0 aliphatic carbocycles. The largest absolute Gasteiger partial charge is 0.348 e. The fourth-order valence-electron chi connectivity index (χ4n) is 1.15. The number of hydrogen-bond donors (Lipinski definition) is 1. The number of nitrogens with one attached hydrogen (secondary N) is 1. The monoisotopic (exact) mass is 211 g/mol. The molecule has 1 rings (SSSR count). The van der Waals surface area contributed by atoms with E-state index in [1.807, 2.05) is 37.3 Å². The van der Waals surface area contributed by atoms with Gasteiger partial charge in [0.25, 0.3) is 0 Å². The highest BCUT2D eigenvalue weighted by molar-refractivity contribution is 6.30. The van der Waals surface area contributed by atoms with E-state index in [1.165, 1.54) is 0 Å². The van der Waals surface area contributed by atoms with Gasteiger partial charge in [0.05, 0.1) is 6.04 Å². The van der Waals surface area contributed by atoms with E-state index in [2.05, 4.69) is 5.32 Å². The first-order valence-corrected chi connectivity index (χ1v) is 5.04. The lowest BCUT2D eigenvalue weighted by atomic mass is 10.1. The molecular weight excluding hydrogens is 198 g/mol. The summed E-state index contributed by atoms with van der Waals surface area (Å²) in [7, 11) is 0. The van der Waals surface area contributed by atoms with E-state index in [9.17, 15) is 4.79 Å². The van der Waals surface area contributed by atoms with Gasteiger partial charge in [0.2, 0.25) is 5.91 Å². The van der Waals surface area contributed by atoms with Gasteiger partial charge in [-0.3, -0.25) is 4.79 Å². The molecule has 2 atom stereocenters. The molecule has 1 aromatic rings. The predicted octanol–water partition coefficient (Wildman–Crippen LogP) is 2.49. The number of carbonyl (C=O) groups excluding carboxylic acids is 1. The summed E-state index contributed by atoms with van der Waals surface area (Å²) in [5, 5.41) is 2.34. The normalized spacial score (nSPS) is 14.5. The van der Waals surface area contributed by atoms with Crippen molar-refractivity contribution in [3.05, 3.63) is 35.9 Å². The van der Waals surface area contributed by atoms with Gasteiger partial charge in [-0.15, -0.1) is 11.6 Å². The van der Waals surface area contributed by atoms with Crippen molar-refractivity contribution in [2.75, 3.05) is 0 Å². The van der Waals surface area contributed by atoms with Crippen LogP contribution in [-0.2, 0) is 4.79 Å². The molecule has 76 valence electrons. The summed E-state index contributed by atoms with van der Waals surface area (Å²) in [6.07, 6.45) is 0. The first-order chi connectivity index (χ1) is 6.61. The van der Waals surface area contributed by atoms with Crippen LogP contribution in [0, 0.1) is 0 Å². The molecule has 3 heteroatoms. The van der Waals surface area contributed by atoms with Gasteiger partial charge in [-0.25, -0.2) is 0 Å². The van der Waals surface area contributed by atoms with Gasteiger partial charge in [0.15, 0.2) is 0 Å². The van der Waals surface area contributed by atoms with Crippen LogP contribution in [0.2, 0.25) is 0 Å². The molecular formula is C11H14ClNO. The number of carbonyl (C=O) groups is 1. The van der Waals surface area contributed by atoms with Crippen molar-refractivity contribution in [1.82, 2.24) is 5.32 Å². The first kappa shape index (κ1) is 11.1. The molecule has 0 aliphatic rings. The Kier molecular flexibility index (Phi) is 3.96. The van der Waals surface area contributed by atoms with Crippen LogP contribution in [0.5, 0.6) is 0 Å². The van der Waals surface area contributed by atoms with E-state index in [-0.39, 0.29) is 11.9 Å². The van der Waals surface area contributed by atoms with E-state index in [0.29, 0.717) is 0 Å². The van der Waals surface area contributed by atoms with Crippen molar-refractivity contribution < 1.29 is 4.79 Å². The minimum absolute atomic E-state index is 0.00454. The van der Waals surface area contributed by atoms with Gasteiger partial charge >= 0.3 is 0 Å². The van der Waals surface area contributed by atoms with E-state index in [1.54, 1.807) is 6.92 Å². The molecule has 1 unspecified atom stereocenters. The first-order valence-electron chi connectivity index (χ1n) is 4.60. The van der Waals surface area contributed by atoms with Crippen molar-refractivity contribution in [3.8, 4) is 0 Å². The Labute approximate surface area is 89.3 Å². The second kappa shape index (κ2) is 5.01. The fraction of sp³-hybridized carbons (Fsp3) is 0.364. The number of benzene rings is 1. The molecule has 1 N–H and O–H groups in total. The average Bonchev–Trinajstić information content (AvgIpc) is 2.19.